The number of hydrogen-bond donors (Lipinski definition) is 1. The fourth-order valence-electron chi connectivity index (χ4n) is 2.38. The number of esters is 2. The van der Waals surface area contributed by atoms with E-state index in [1.54, 1.807) is 19.1 Å². The number of ether oxygens (including phenoxy) is 2. The maximum atomic E-state index is 12.5. The third-order valence-corrected chi connectivity index (χ3v) is 3.60. The van der Waals surface area contributed by atoms with E-state index in [-0.39, 0.29) is 37.6 Å². The number of nitrogens with zero attached hydrogens (tertiary/aromatic N) is 2. The van der Waals surface area contributed by atoms with Crippen LogP contribution in [0.15, 0.2) is 35.4 Å². The van der Waals surface area contributed by atoms with E-state index in [1.807, 2.05) is 18.2 Å². The van der Waals surface area contributed by atoms with E-state index in [2.05, 4.69) is 15.2 Å². The SMILES string of the molecule is CCOC(=O)C1=NN(c2ccccc2)[C@@H](C(=O)NCCC(=O)OC)C1. The maximum absolute atomic E-state index is 12.5. The highest BCUT2D eigenvalue weighted by Crippen LogP contribution is 2.25. The van der Waals surface area contributed by atoms with Crippen LogP contribution in [0.2, 0.25) is 0 Å². The molecule has 0 aromatic heterocycles. The number of hydrogen-bond acceptors (Lipinski definition) is 7. The van der Waals surface area contributed by atoms with Crippen LogP contribution in [0.25, 0.3) is 0 Å². The number of carbonyl (C=O) groups is 3. The molecule has 1 N–H and O–H groups in total. The average Bonchev–Trinajstić information content (AvgIpc) is 3.08. The Labute approximate surface area is 145 Å². The van der Waals surface area contributed by atoms with E-state index in [4.69, 9.17) is 4.74 Å². The van der Waals surface area contributed by atoms with E-state index in [0.717, 1.165) is 0 Å². The second kappa shape index (κ2) is 8.81. The van der Waals surface area contributed by atoms with E-state index in [9.17, 15) is 14.4 Å². The minimum absolute atomic E-state index is 0.0753. The molecule has 2 rings (SSSR count). The van der Waals surface area contributed by atoms with Crippen LogP contribution < -0.4 is 10.3 Å². The summed E-state index contributed by atoms with van der Waals surface area (Å²) in [5.41, 5.74) is 0.883. The summed E-state index contributed by atoms with van der Waals surface area (Å²) in [6, 6.07) is 8.40. The molecule has 134 valence electrons. The van der Waals surface area contributed by atoms with Crippen molar-refractivity contribution < 1.29 is 23.9 Å². The Balaban J connectivity index is 2.11. The molecule has 0 radical (unpaired) electrons. The van der Waals surface area contributed by atoms with E-state index in [1.165, 1.54) is 12.1 Å². The summed E-state index contributed by atoms with van der Waals surface area (Å²) >= 11 is 0. The zero-order chi connectivity index (χ0) is 18.2. The summed E-state index contributed by atoms with van der Waals surface area (Å²) in [6.07, 6.45) is 0.212. The van der Waals surface area contributed by atoms with Crippen molar-refractivity contribution in [2.45, 2.75) is 25.8 Å². The van der Waals surface area contributed by atoms with Crippen molar-refractivity contribution in [3.8, 4) is 0 Å². The molecular weight excluding hydrogens is 326 g/mol. The minimum atomic E-state index is -0.681. The van der Waals surface area contributed by atoms with Gasteiger partial charge in [-0.15, -0.1) is 0 Å². The normalized spacial score (nSPS) is 16.2. The van der Waals surface area contributed by atoms with Gasteiger partial charge in [-0.05, 0) is 19.1 Å². The largest absolute Gasteiger partial charge is 0.469 e. The van der Waals surface area contributed by atoms with E-state index < -0.39 is 18.0 Å². The maximum Gasteiger partial charge on any atom is 0.354 e. The average molecular weight is 347 g/mol. The zero-order valence-corrected chi connectivity index (χ0v) is 14.2. The Hall–Kier alpha value is -2.90. The van der Waals surface area contributed by atoms with Crippen LogP contribution >= 0.6 is 0 Å². The second-order valence-corrected chi connectivity index (χ2v) is 5.28. The van der Waals surface area contributed by atoms with Crippen molar-refractivity contribution in [3.05, 3.63) is 30.3 Å². The molecule has 0 bridgehead atoms. The molecule has 1 amide bonds. The summed E-state index contributed by atoms with van der Waals surface area (Å²) in [5.74, 6) is -1.26. The summed E-state index contributed by atoms with van der Waals surface area (Å²) < 4.78 is 9.51. The van der Waals surface area contributed by atoms with Crippen LogP contribution in [0.4, 0.5) is 5.69 Å². The lowest BCUT2D eigenvalue weighted by molar-refractivity contribution is -0.140. The molecule has 0 fully saturated rings. The number of benzene rings is 1. The molecule has 8 heteroatoms. The van der Waals surface area contributed by atoms with Gasteiger partial charge in [-0.2, -0.15) is 5.10 Å². The lowest BCUT2D eigenvalue weighted by Gasteiger charge is -2.22. The smallest absolute Gasteiger partial charge is 0.354 e. The lowest BCUT2D eigenvalue weighted by atomic mass is 10.1. The van der Waals surface area contributed by atoms with Gasteiger partial charge in [0.25, 0.3) is 0 Å². The molecule has 0 saturated carbocycles. The van der Waals surface area contributed by atoms with Gasteiger partial charge in [-0.1, -0.05) is 18.2 Å². The van der Waals surface area contributed by atoms with Gasteiger partial charge in [-0.25, -0.2) is 4.79 Å². The van der Waals surface area contributed by atoms with Gasteiger partial charge in [0.2, 0.25) is 5.91 Å². The quantitative estimate of drug-likeness (QED) is 0.735. The van der Waals surface area contributed by atoms with Crippen molar-refractivity contribution in [1.82, 2.24) is 5.32 Å². The number of rotatable bonds is 7. The topological polar surface area (TPSA) is 97.3 Å². The molecular formula is C17H21N3O5. The fourth-order valence-corrected chi connectivity index (χ4v) is 2.38. The number of nitrogens with one attached hydrogen (secondary N) is 1. The summed E-state index contributed by atoms with van der Waals surface area (Å²) in [7, 11) is 1.29. The van der Waals surface area contributed by atoms with Crippen LogP contribution in [0.3, 0.4) is 0 Å². The lowest BCUT2D eigenvalue weighted by Crippen LogP contribution is -2.43. The first-order valence-electron chi connectivity index (χ1n) is 8.00. The second-order valence-electron chi connectivity index (χ2n) is 5.28. The Bertz CT molecular complexity index is 660. The van der Waals surface area contributed by atoms with Gasteiger partial charge < -0.3 is 14.8 Å². The van der Waals surface area contributed by atoms with Crippen molar-refractivity contribution in [1.29, 1.82) is 0 Å². The first kappa shape index (κ1) is 18.4. The highest BCUT2D eigenvalue weighted by Gasteiger charge is 2.36. The van der Waals surface area contributed by atoms with Crippen molar-refractivity contribution in [2.24, 2.45) is 5.10 Å². The number of carbonyl (C=O) groups excluding carboxylic acids is 3. The monoisotopic (exact) mass is 347 g/mol. The van der Waals surface area contributed by atoms with Crippen LogP contribution in [-0.2, 0) is 23.9 Å². The van der Waals surface area contributed by atoms with Gasteiger partial charge in [-0.3, -0.25) is 14.6 Å². The van der Waals surface area contributed by atoms with Gasteiger partial charge in [0.15, 0.2) is 0 Å². The highest BCUT2D eigenvalue weighted by molar-refractivity contribution is 6.38. The number of para-hydroxylation sites is 1. The number of methoxy groups -OCH3 is 1. The van der Waals surface area contributed by atoms with Crippen molar-refractivity contribution >= 4 is 29.2 Å². The van der Waals surface area contributed by atoms with Gasteiger partial charge in [0.1, 0.15) is 11.8 Å². The molecule has 1 atom stereocenters. The molecule has 1 aliphatic heterocycles. The van der Waals surface area contributed by atoms with Crippen molar-refractivity contribution in [3.63, 3.8) is 0 Å². The molecule has 1 heterocycles. The third-order valence-electron chi connectivity index (χ3n) is 3.60. The Morgan fingerprint density at radius 2 is 2.00 bits per heavy atom. The summed E-state index contributed by atoms with van der Waals surface area (Å²) in [4.78, 5) is 35.6. The van der Waals surface area contributed by atoms with Crippen LogP contribution in [-0.4, -0.2) is 49.9 Å². The third kappa shape index (κ3) is 4.79. The number of anilines is 1. The van der Waals surface area contributed by atoms with Crippen LogP contribution in [0, 0.1) is 0 Å². The Morgan fingerprint density at radius 1 is 1.28 bits per heavy atom. The summed E-state index contributed by atoms with van der Waals surface area (Å²) in [5, 5.41) is 8.44. The van der Waals surface area contributed by atoms with Gasteiger partial charge in [0, 0.05) is 13.0 Å². The Morgan fingerprint density at radius 3 is 2.64 bits per heavy atom. The molecule has 8 nitrogen and oxygen atoms in total. The van der Waals surface area contributed by atoms with Crippen LogP contribution in [0.1, 0.15) is 19.8 Å². The van der Waals surface area contributed by atoms with Crippen molar-refractivity contribution in [2.75, 3.05) is 25.3 Å². The molecule has 0 unspecified atom stereocenters. The molecule has 0 spiro atoms. The fraction of sp³-hybridized carbons (Fsp3) is 0.412. The zero-order valence-electron chi connectivity index (χ0n) is 14.2. The molecule has 1 aromatic carbocycles. The standard InChI is InChI=1S/C17H21N3O5/c1-3-25-17(23)13-11-14(16(22)18-10-9-15(21)24-2)20(19-13)12-7-5-4-6-8-12/h4-8,14H,3,9-11H2,1-2H3,(H,18,22)/t14-/m1/s1. The predicted octanol–water partition coefficient (Wildman–Crippen LogP) is 0.864. The molecule has 0 saturated heterocycles. The van der Waals surface area contributed by atoms with E-state index in [0.29, 0.717) is 5.69 Å². The number of amides is 1. The first-order valence-corrected chi connectivity index (χ1v) is 8.00. The van der Waals surface area contributed by atoms with Crippen LogP contribution in [0.5, 0.6) is 0 Å². The molecule has 1 aromatic rings. The minimum Gasteiger partial charge on any atom is -0.469 e. The van der Waals surface area contributed by atoms with Gasteiger partial charge in [0.05, 0.1) is 25.8 Å². The molecule has 25 heavy (non-hydrogen) atoms. The highest BCUT2D eigenvalue weighted by atomic mass is 16.5. The Kier molecular flexibility index (Phi) is 6.50. The van der Waals surface area contributed by atoms with E-state index >= 15 is 0 Å². The van der Waals surface area contributed by atoms with Gasteiger partial charge >= 0.3 is 11.9 Å². The molecule has 0 aliphatic carbocycles. The first-order chi connectivity index (χ1) is 12.1. The molecule has 1 aliphatic rings. The number of hydrazone groups is 1. The predicted molar refractivity (Wildman–Crippen MR) is 91.0 cm³/mol. The summed E-state index contributed by atoms with van der Waals surface area (Å²) in [6.45, 7) is 2.10.